The summed E-state index contributed by atoms with van der Waals surface area (Å²) < 4.78 is 10.6. The van der Waals surface area contributed by atoms with Gasteiger partial charge in [-0.1, -0.05) is 0 Å². The van der Waals surface area contributed by atoms with E-state index in [1.807, 2.05) is 0 Å². The second-order valence-electron chi connectivity index (χ2n) is 5.70. The van der Waals surface area contributed by atoms with Crippen molar-refractivity contribution >= 4 is 17.5 Å². The number of H-pyrrole nitrogens is 1. The fourth-order valence-corrected chi connectivity index (χ4v) is 3.02. The molecule has 0 radical (unpaired) electrons. The smallest absolute Gasteiger partial charge is 0.254 e. The first-order valence-electron chi connectivity index (χ1n) is 7.72. The van der Waals surface area contributed by atoms with Gasteiger partial charge in [-0.25, -0.2) is 0 Å². The number of carbonyl (C=O) groups is 2. The molecule has 1 fully saturated rings. The Morgan fingerprint density at radius 2 is 2.17 bits per heavy atom. The SMILES string of the molecule is O=C(Nc1cn[nH]c1)[C@H]1CCCN1C(=O)c1ccc2c(c1)OCO2. The molecule has 2 aliphatic rings. The van der Waals surface area contributed by atoms with Gasteiger partial charge in [-0.15, -0.1) is 0 Å². The summed E-state index contributed by atoms with van der Waals surface area (Å²) in [6.45, 7) is 0.711. The number of likely N-dealkylation sites (tertiary alicyclic amines) is 1. The summed E-state index contributed by atoms with van der Waals surface area (Å²) >= 11 is 0. The van der Waals surface area contributed by atoms with Crippen LogP contribution in [-0.4, -0.2) is 46.3 Å². The predicted octanol–water partition coefficient (Wildman–Crippen LogP) is 1.38. The van der Waals surface area contributed by atoms with E-state index in [1.165, 1.54) is 6.20 Å². The number of aromatic nitrogens is 2. The van der Waals surface area contributed by atoms with E-state index in [9.17, 15) is 9.59 Å². The summed E-state index contributed by atoms with van der Waals surface area (Å²) in [5.74, 6) is 0.794. The van der Waals surface area contributed by atoms with Gasteiger partial charge in [0.15, 0.2) is 11.5 Å². The van der Waals surface area contributed by atoms with Gasteiger partial charge in [-0.05, 0) is 31.0 Å². The first kappa shape index (κ1) is 14.6. The molecule has 1 atom stereocenters. The highest BCUT2D eigenvalue weighted by molar-refractivity contribution is 6.01. The summed E-state index contributed by atoms with van der Waals surface area (Å²) in [5.41, 5.74) is 1.07. The van der Waals surface area contributed by atoms with Crippen LogP contribution >= 0.6 is 0 Å². The van der Waals surface area contributed by atoms with Crippen LogP contribution in [0.3, 0.4) is 0 Å². The Kier molecular flexibility index (Phi) is 3.56. The lowest BCUT2D eigenvalue weighted by atomic mass is 10.1. The summed E-state index contributed by atoms with van der Waals surface area (Å²) in [6.07, 6.45) is 4.55. The summed E-state index contributed by atoms with van der Waals surface area (Å²) in [6, 6.07) is 4.58. The van der Waals surface area contributed by atoms with Crippen molar-refractivity contribution in [1.82, 2.24) is 15.1 Å². The average molecular weight is 328 g/mol. The van der Waals surface area contributed by atoms with Gasteiger partial charge in [0, 0.05) is 18.3 Å². The highest BCUT2D eigenvalue weighted by Gasteiger charge is 2.35. The number of carbonyl (C=O) groups excluding carboxylic acids is 2. The molecule has 2 aliphatic heterocycles. The maximum Gasteiger partial charge on any atom is 0.254 e. The third kappa shape index (κ3) is 2.55. The molecule has 0 bridgehead atoms. The Hall–Kier alpha value is -3.03. The minimum Gasteiger partial charge on any atom is -0.454 e. The molecule has 8 nitrogen and oxygen atoms in total. The van der Waals surface area contributed by atoms with Crippen LogP contribution in [0.25, 0.3) is 0 Å². The lowest BCUT2D eigenvalue weighted by molar-refractivity contribution is -0.119. The van der Waals surface area contributed by atoms with Crippen molar-refractivity contribution in [1.29, 1.82) is 0 Å². The largest absolute Gasteiger partial charge is 0.454 e. The molecule has 3 heterocycles. The van der Waals surface area contributed by atoms with Crippen LogP contribution in [0.15, 0.2) is 30.6 Å². The maximum atomic E-state index is 12.8. The Morgan fingerprint density at radius 3 is 3.00 bits per heavy atom. The highest BCUT2D eigenvalue weighted by atomic mass is 16.7. The zero-order valence-corrected chi connectivity index (χ0v) is 12.8. The highest BCUT2D eigenvalue weighted by Crippen LogP contribution is 2.33. The van der Waals surface area contributed by atoms with Gasteiger partial charge in [0.25, 0.3) is 5.91 Å². The van der Waals surface area contributed by atoms with Crippen molar-refractivity contribution in [2.24, 2.45) is 0 Å². The third-order valence-electron chi connectivity index (χ3n) is 4.20. The van der Waals surface area contributed by atoms with E-state index in [0.717, 1.165) is 6.42 Å². The van der Waals surface area contributed by atoms with Crippen molar-refractivity contribution in [2.75, 3.05) is 18.7 Å². The Labute approximate surface area is 137 Å². The number of ether oxygens (including phenoxy) is 2. The number of nitrogens with zero attached hydrogens (tertiary/aromatic N) is 2. The quantitative estimate of drug-likeness (QED) is 0.887. The molecule has 1 saturated heterocycles. The van der Waals surface area contributed by atoms with Gasteiger partial charge in [0.05, 0.1) is 11.9 Å². The molecule has 0 aliphatic carbocycles. The third-order valence-corrected chi connectivity index (χ3v) is 4.20. The second kappa shape index (κ2) is 5.88. The molecular formula is C16H16N4O4. The van der Waals surface area contributed by atoms with E-state index in [0.29, 0.717) is 35.7 Å². The molecule has 2 N–H and O–H groups in total. The molecule has 24 heavy (non-hydrogen) atoms. The molecule has 1 aromatic carbocycles. The lowest BCUT2D eigenvalue weighted by Gasteiger charge is -2.23. The van der Waals surface area contributed by atoms with E-state index < -0.39 is 6.04 Å². The van der Waals surface area contributed by atoms with Crippen molar-refractivity contribution in [3.63, 3.8) is 0 Å². The zero-order chi connectivity index (χ0) is 16.5. The monoisotopic (exact) mass is 328 g/mol. The number of aromatic amines is 1. The summed E-state index contributed by atoms with van der Waals surface area (Å²) in [7, 11) is 0. The fraction of sp³-hybridized carbons (Fsp3) is 0.312. The average Bonchev–Trinajstić information content (AvgIpc) is 3.33. The second-order valence-corrected chi connectivity index (χ2v) is 5.70. The molecular weight excluding hydrogens is 312 g/mol. The molecule has 124 valence electrons. The first-order chi connectivity index (χ1) is 11.7. The van der Waals surface area contributed by atoms with E-state index in [4.69, 9.17) is 9.47 Å². The van der Waals surface area contributed by atoms with Crippen LogP contribution in [0, 0.1) is 0 Å². The Bertz CT molecular complexity index is 774. The number of fused-ring (bicyclic) bond motifs is 1. The summed E-state index contributed by atoms with van der Waals surface area (Å²) in [4.78, 5) is 26.9. The van der Waals surface area contributed by atoms with Crippen molar-refractivity contribution in [3.8, 4) is 11.5 Å². The standard InChI is InChI=1S/C16H16N4O4/c21-15(19-11-7-17-18-8-11)12-2-1-5-20(12)16(22)10-3-4-13-14(6-10)24-9-23-13/h3-4,6-8,12H,1-2,5,9H2,(H,17,18)(H,19,21)/t12-/m1/s1. The number of hydrogen-bond donors (Lipinski definition) is 2. The van der Waals surface area contributed by atoms with E-state index >= 15 is 0 Å². The Balaban J connectivity index is 1.51. The van der Waals surface area contributed by atoms with Gasteiger partial charge >= 0.3 is 0 Å². The molecule has 0 unspecified atom stereocenters. The number of rotatable bonds is 3. The molecule has 4 rings (SSSR count). The van der Waals surface area contributed by atoms with Crippen molar-refractivity contribution in [2.45, 2.75) is 18.9 Å². The van der Waals surface area contributed by atoms with Gasteiger partial charge in [-0.2, -0.15) is 5.10 Å². The predicted molar refractivity (Wildman–Crippen MR) is 83.8 cm³/mol. The van der Waals surface area contributed by atoms with E-state index in [1.54, 1.807) is 29.3 Å². The van der Waals surface area contributed by atoms with Crippen LogP contribution in [0.5, 0.6) is 11.5 Å². The van der Waals surface area contributed by atoms with Crippen LogP contribution in [0.1, 0.15) is 23.2 Å². The van der Waals surface area contributed by atoms with E-state index in [2.05, 4.69) is 15.5 Å². The summed E-state index contributed by atoms with van der Waals surface area (Å²) in [5, 5.41) is 9.20. The number of benzene rings is 1. The van der Waals surface area contributed by atoms with Gasteiger partial charge in [0.1, 0.15) is 6.04 Å². The molecule has 2 amide bonds. The number of anilines is 1. The molecule has 8 heteroatoms. The first-order valence-corrected chi connectivity index (χ1v) is 7.72. The molecule has 1 aromatic heterocycles. The van der Waals surface area contributed by atoms with E-state index in [-0.39, 0.29) is 18.6 Å². The van der Waals surface area contributed by atoms with Crippen molar-refractivity contribution in [3.05, 3.63) is 36.2 Å². The normalized spacial score (nSPS) is 18.7. The minimum absolute atomic E-state index is 0.159. The Morgan fingerprint density at radius 1 is 1.29 bits per heavy atom. The van der Waals surface area contributed by atoms with Crippen molar-refractivity contribution < 1.29 is 19.1 Å². The van der Waals surface area contributed by atoms with Crippen LogP contribution < -0.4 is 14.8 Å². The molecule has 0 spiro atoms. The lowest BCUT2D eigenvalue weighted by Crippen LogP contribution is -2.43. The number of hydrogen-bond acceptors (Lipinski definition) is 5. The fourth-order valence-electron chi connectivity index (χ4n) is 3.02. The van der Waals surface area contributed by atoms with Gasteiger partial charge in [0.2, 0.25) is 12.7 Å². The van der Waals surface area contributed by atoms with Crippen LogP contribution in [0.2, 0.25) is 0 Å². The topological polar surface area (TPSA) is 96.6 Å². The minimum atomic E-state index is -0.488. The number of nitrogens with one attached hydrogen (secondary N) is 2. The zero-order valence-electron chi connectivity index (χ0n) is 12.8. The number of amides is 2. The maximum absolute atomic E-state index is 12.8. The van der Waals surface area contributed by atoms with Crippen LogP contribution in [-0.2, 0) is 4.79 Å². The molecule has 2 aromatic rings. The van der Waals surface area contributed by atoms with Gasteiger partial charge < -0.3 is 19.7 Å². The van der Waals surface area contributed by atoms with Crippen LogP contribution in [0.4, 0.5) is 5.69 Å². The van der Waals surface area contributed by atoms with Gasteiger partial charge in [-0.3, -0.25) is 14.7 Å². The molecule has 0 saturated carbocycles.